The summed E-state index contributed by atoms with van der Waals surface area (Å²) in [5, 5.41) is 33.4. The van der Waals surface area contributed by atoms with Crippen LogP contribution >= 0.6 is 0 Å². The highest BCUT2D eigenvalue weighted by Gasteiger charge is 2.23. The first kappa shape index (κ1) is 52.1. The third-order valence-corrected chi connectivity index (χ3v) is 11.4. The van der Waals surface area contributed by atoms with Crippen LogP contribution in [0.4, 0.5) is 0 Å². The summed E-state index contributed by atoms with van der Waals surface area (Å²) in [6.07, 6.45) is 52.2. The number of rotatable bonds is 44. The SMILES string of the molecule is CCCCCCCCCCCCCC/C=C\CCCCCCCCCCC(O)C(=O)NC(CO)C(O)CCCCCCCCCCCCCCCCC. The van der Waals surface area contributed by atoms with Crippen LogP contribution in [0.15, 0.2) is 12.2 Å². The van der Waals surface area contributed by atoms with E-state index in [1.165, 1.54) is 205 Å². The molecule has 0 heterocycles. The van der Waals surface area contributed by atoms with E-state index in [0.29, 0.717) is 12.8 Å². The van der Waals surface area contributed by atoms with Crippen molar-refractivity contribution in [2.45, 2.75) is 283 Å². The normalized spacial score (nSPS) is 13.5. The number of carbonyl (C=O) groups is 1. The number of aliphatic hydroxyl groups is 3. The van der Waals surface area contributed by atoms with Crippen molar-refractivity contribution in [1.29, 1.82) is 0 Å². The van der Waals surface area contributed by atoms with Crippen LogP contribution in [0.25, 0.3) is 0 Å². The van der Waals surface area contributed by atoms with Gasteiger partial charge in [0.2, 0.25) is 5.91 Å². The van der Waals surface area contributed by atoms with Crippen LogP contribution in [0.1, 0.15) is 264 Å². The minimum atomic E-state index is -1.07. The zero-order valence-corrected chi connectivity index (χ0v) is 35.9. The second-order valence-electron chi connectivity index (χ2n) is 16.7. The first-order chi connectivity index (χ1) is 26.1. The molecule has 53 heavy (non-hydrogen) atoms. The fourth-order valence-corrected chi connectivity index (χ4v) is 7.60. The predicted molar refractivity (Wildman–Crippen MR) is 232 cm³/mol. The summed E-state index contributed by atoms with van der Waals surface area (Å²) in [5.41, 5.74) is 0. The van der Waals surface area contributed by atoms with Crippen LogP contribution in [0.5, 0.6) is 0 Å². The third-order valence-electron chi connectivity index (χ3n) is 11.4. The van der Waals surface area contributed by atoms with Crippen molar-refractivity contribution in [2.24, 2.45) is 0 Å². The number of nitrogens with one attached hydrogen (secondary N) is 1. The molecule has 0 saturated carbocycles. The summed E-state index contributed by atoms with van der Waals surface area (Å²) >= 11 is 0. The average Bonchev–Trinajstić information content (AvgIpc) is 3.16. The Balaban J connectivity index is 3.57. The molecular formula is C48H95NO4. The van der Waals surface area contributed by atoms with Crippen LogP contribution in [-0.2, 0) is 4.79 Å². The van der Waals surface area contributed by atoms with Crippen molar-refractivity contribution in [1.82, 2.24) is 5.32 Å². The molecule has 5 nitrogen and oxygen atoms in total. The van der Waals surface area contributed by atoms with E-state index in [1.54, 1.807) is 0 Å². The molecule has 0 bridgehead atoms. The average molecular weight is 750 g/mol. The molecule has 0 rings (SSSR count). The Bertz CT molecular complexity index is 743. The molecule has 0 fully saturated rings. The Morgan fingerprint density at radius 2 is 0.717 bits per heavy atom. The minimum absolute atomic E-state index is 0.311. The highest BCUT2D eigenvalue weighted by atomic mass is 16.3. The highest BCUT2D eigenvalue weighted by molar-refractivity contribution is 5.80. The quantitative estimate of drug-likeness (QED) is 0.0369. The Hall–Kier alpha value is -0.910. The van der Waals surface area contributed by atoms with E-state index in [1.807, 2.05) is 0 Å². The number of hydrogen-bond donors (Lipinski definition) is 4. The van der Waals surface area contributed by atoms with Gasteiger partial charge in [-0.3, -0.25) is 4.79 Å². The van der Waals surface area contributed by atoms with Crippen molar-refractivity contribution in [3.05, 3.63) is 12.2 Å². The summed E-state index contributed by atoms with van der Waals surface area (Å²) in [5.74, 6) is -0.470. The van der Waals surface area contributed by atoms with Gasteiger partial charge < -0.3 is 20.6 Å². The molecule has 0 saturated heterocycles. The monoisotopic (exact) mass is 750 g/mol. The van der Waals surface area contributed by atoms with E-state index >= 15 is 0 Å². The molecule has 0 aromatic rings. The number of amides is 1. The van der Waals surface area contributed by atoms with Crippen molar-refractivity contribution in [2.75, 3.05) is 6.61 Å². The van der Waals surface area contributed by atoms with Crippen molar-refractivity contribution < 1.29 is 20.1 Å². The second-order valence-corrected chi connectivity index (χ2v) is 16.7. The van der Waals surface area contributed by atoms with Crippen molar-refractivity contribution in [3.63, 3.8) is 0 Å². The van der Waals surface area contributed by atoms with Gasteiger partial charge in [-0.2, -0.15) is 0 Å². The Morgan fingerprint density at radius 1 is 0.434 bits per heavy atom. The second kappa shape index (κ2) is 43.8. The van der Waals surface area contributed by atoms with E-state index in [9.17, 15) is 20.1 Å². The molecule has 3 atom stereocenters. The smallest absolute Gasteiger partial charge is 0.249 e. The fourth-order valence-electron chi connectivity index (χ4n) is 7.60. The zero-order chi connectivity index (χ0) is 38.7. The van der Waals surface area contributed by atoms with Gasteiger partial charge in [-0.05, 0) is 38.5 Å². The van der Waals surface area contributed by atoms with Crippen molar-refractivity contribution in [3.8, 4) is 0 Å². The molecule has 5 heteroatoms. The first-order valence-corrected chi connectivity index (χ1v) is 24.0. The molecule has 3 unspecified atom stereocenters. The van der Waals surface area contributed by atoms with Gasteiger partial charge in [0.25, 0.3) is 0 Å². The molecule has 1 amide bonds. The number of carbonyl (C=O) groups excluding carboxylic acids is 1. The lowest BCUT2D eigenvalue weighted by molar-refractivity contribution is -0.131. The molecule has 0 aromatic carbocycles. The molecular weight excluding hydrogens is 655 g/mol. The van der Waals surface area contributed by atoms with E-state index in [0.717, 1.165) is 32.1 Å². The lowest BCUT2D eigenvalue weighted by Crippen LogP contribution is -2.49. The maximum atomic E-state index is 12.5. The van der Waals surface area contributed by atoms with Crippen LogP contribution in [0.2, 0.25) is 0 Å². The largest absolute Gasteiger partial charge is 0.394 e. The third kappa shape index (κ3) is 39.1. The summed E-state index contributed by atoms with van der Waals surface area (Å²) in [6.45, 7) is 4.25. The molecule has 0 aliphatic carbocycles. The molecule has 316 valence electrons. The number of hydrogen-bond acceptors (Lipinski definition) is 4. The van der Waals surface area contributed by atoms with Crippen LogP contribution < -0.4 is 5.32 Å². The van der Waals surface area contributed by atoms with Gasteiger partial charge in [-0.15, -0.1) is 0 Å². The van der Waals surface area contributed by atoms with E-state index in [-0.39, 0.29) is 6.61 Å². The molecule has 0 radical (unpaired) electrons. The fraction of sp³-hybridized carbons (Fsp3) is 0.938. The van der Waals surface area contributed by atoms with Gasteiger partial charge >= 0.3 is 0 Å². The molecule has 0 aliphatic rings. The summed E-state index contributed by atoms with van der Waals surface area (Å²) in [7, 11) is 0. The maximum absolute atomic E-state index is 12.5. The Kier molecular flexibility index (Phi) is 43.1. The van der Waals surface area contributed by atoms with Crippen LogP contribution in [-0.4, -0.2) is 46.1 Å². The van der Waals surface area contributed by atoms with E-state index < -0.39 is 24.2 Å². The van der Waals surface area contributed by atoms with Gasteiger partial charge in [0.1, 0.15) is 6.10 Å². The lowest BCUT2D eigenvalue weighted by Gasteiger charge is -2.23. The topological polar surface area (TPSA) is 89.8 Å². The van der Waals surface area contributed by atoms with Gasteiger partial charge in [-0.25, -0.2) is 0 Å². The van der Waals surface area contributed by atoms with Gasteiger partial charge in [0, 0.05) is 0 Å². The molecule has 0 aromatic heterocycles. The van der Waals surface area contributed by atoms with Gasteiger partial charge in [0.05, 0.1) is 18.8 Å². The number of unbranched alkanes of at least 4 members (excludes halogenated alkanes) is 34. The van der Waals surface area contributed by atoms with E-state index in [2.05, 4.69) is 31.3 Å². The number of allylic oxidation sites excluding steroid dienone is 2. The Labute approximate surface area is 331 Å². The van der Waals surface area contributed by atoms with Crippen LogP contribution in [0.3, 0.4) is 0 Å². The predicted octanol–water partition coefficient (Wildman–Crippen LogP) is 14.0. The molecule has 0 spiro atoms. The molecule has 4 N–H and O–H groups in total. The Morgan fingerprint density at radius 3 is 1.04 bits per heavy atom. The minimum Gasteiger partial charge on any atom is -0.394 e. The van der Waals surface area contributed by atoms with Gasteiger partial charge in [-0.1, -0.05) is 238 Å². The number of aliphatic hydroxyl groups excluding tert-OH is 3. The standard InChI is InChI=1S/C48H95NO4/c1-3-5-7-9-11-13-15-17-19-20-21-22-23-24-25-26-27-29-31-33-35-37-39-41-43-47(52)48(53)49-45(44-50)46(51)42-40-38-36-34-32-30-28-18-16-14-12-10-8-6-4-2/h24-25,45-47,50-52H,3-23,26-44H2,1-2H3,(H,49,53)/b25-24-. The van der Waals surface area contributed by atoms with Crippen LogP contribution in [0, 0.1) is 0 Å². The maximum Gasteiger partial charge on any atom is 0.249 e. The summed E-state index contributed by atoms with van der Waals surface area (Å²) in [6, 6.07) is -0.710. The summed E-state index contributed by atoms with van der Waals surface area (Å²) in [4.78, 5) is 12.5. The first-order valence-electron chi connectivity index (χ1n) is 24.0. The van der Waals surface area contributed by atoms with Crippen molar-refractivity contribution >= 4 is 5.91 Å². The molecule has 0 aliphatic heterocycles. The summed E-state index contributed by atoms with van der Waals surface area (Å²) < 4.78 is 0. The zero-order valence-electron chi connectivity index (χ0n) is 35.9. The van der Waals surface area contributed by atoms with E-state index in [4.69, 9.17) is 0 Å². The highest BCUT2D eigenvalue weighted by Crippen LogP contribution is 2.17. The van der Waals surface area contributed by atoms with Gasteiger partial charge in [0.15, 0.2) is 0 Å². The lowest BCUT2D eigenvalue weighted by atomic mass is 10.0.